The number of carbonyl (C=O) groups is 4. The number of nitrogens with zero attached hydrogens (tertiary/aromatic N) is 1. The van der Waals surface area contributed by atoms with Gasteiger partial charge in [-0.15, -0.1) is 0 Å². The molecule has 2 fully saturated rings. The summed E-state index contributed by atoms with van der Waals surface area (Å²) in [5.74, 6) is -2.84. The number of aliphatic imine (C=N–C) groups is 1. The summed E-state index contributed by atoms with van der Waals surface area (Å²) in [6.07, 6.45) is 5.71. The van der Waals surface area contributed by atoms with E-state index >= 15 is 0 Å². The minimum Gasteiger partial charge on any atom is -0.481 e. The van der Waals surface area contributed by atoms with Crippen LogP contribution >= 0.6 is 0 Å². The summed E-state index contributed by atoms with van der Waals surface area (Å²) in [5.41, 5.74) is 11.4. The number of carbonyl (C=O) groups excluding carboxylic acids is 3. The molecule has 1 aliphatic heterocycles. The lowest BCUT2D eigenvalue weighted by Crippen LogP contribution is -2.54. The van der Waals surface area contributed by atoms with Crippen molar-refractivity contribution in [2.45, 2.75) is 101 Å². The van der Waals surface area contributed by atoms with Gasteiger partial charge in [-0.1, -0.05) is 18.9 Å². The highest BCUT2D eigenvalue weighted by atomic mass is 16.4. The molecule has 1 saturated heterocycles. The molecule has 280 valence electrons. The lowest BCUT2D eigenvalue weighted by atomic mass is 9.90. The molecule has 3 rings (SSSR count). The molecule has 1 aliphatic carbocycles. The summed E-state index contributed by atoms with van der Waals surface area (Å²) < 4.78 is 0. The van der Waals surface area contributed by atoms with Gasteiger partial charge in [-0.3, -0.25) is 19.2 Å². The van der Waals surface area contributed by atoms with Gasteiger partial charge in [-0.05, 0) is 57.7 Å². The SMILES string of the molecule is C[C@@H]1CN[C@H](CCCNC(=O)CC(CC(=O)O)NC(=O)CNC(=O)c2cccc(N=C(N)N)c2)CN[C@@H]2CCCC[C@H]2NCCN[C@@H](C)CN1. The van der Waals surface area contributed by atoms with Crippen molar-refractivity contribution in [1.82, 2.24) is 42.5 Å². The number of guanidine groups is 1. The molecule has 16 heteroatoms. The van der Waals surface area contributed by atoms with Gasteiger partial charge >= 0.3 is 5.97 Å². The highest BCUT2D eigenvalue weighted by Crippen LogP contribution is 2.19. The lowest BCUT2D eigenvalue weighted by Gasteiger charge is -2.34. The second kappa shape index (κ2) is 22.1. The Morgan fingerprint density at radius 2 is 1.58 bits per heavy atom. The number of benzene rings is 1. The quantitative estimate of drug-likeness (QED) is 0.0673. The number of nitrogens with one attached hydrogen (secondary N) is 8. The Kier molecular flexibility index (Phi) is 17.9. The molecular formula is C34H59N11O5. The van der Waals surface area contributed by atoms with Crippen molar-refractivity contribution in [3.8, 4) is 0 Å². The molecule has 16 nitrogen and oxygen atoms in total. The van der Waals surface area contributed by atoms with Crippen LogP contribution in [0.4, 0.5) is 5.69 Å². The molecule has 2 aliphatic rings. The summed E-state index contributed by atoms with van der Waals surface area (Å²) in [6.45, 7) is 8.79. The number of nitrogens with two attached hydrogens (primary N) is 2. The standard InChI is InChI=1S/C34H59N11O5/c1-22-18-40-23(2)19-41-26(20-42-29-11-4-3-10-28(29)38-14-13-37-22)9-6-12-39-30(46)16-27(17-32(48)49)44-31(47)21-43-33(50)24-7-5-8-25(15-24)45-34(35)36/h5,7-8,15,22-23,26-29,37-38,40-42H,3-4,6,9-14,16-21H2,1-2H3,(H,39,46)(H,43,50)(H,44,47)(H,48,49)(H4,35,36,45)/t22-,23+,26+,27?,28+,29+/m0/s1. The monoisotopic (exact) mass is 701 g/mol. The molecule has 6 atom stereocenters. The molecule has 3 amide bonds. The average molecular weight is 702 g/mol. The lowest BCUT2D eigenvalue weighted by molar-refractivity contribution is -0.137. The highest BCUT2D eigenvalue weighted by Gasteiger charge is 2.25. The van der Waals surface area contributed by atoms with E-state index in [-0.39, 0.29) is 29.9 Å². The van der Waals surface area contributed by atoms with Gasteiger partial charge < -0.3 is 59.1 Å². The second-order valence-corrected chi connectivity index (χ2v) is 13.5. The van der Waals surface area contributed by atoms with Gasteiger partial charge in [-0.2, -0.15) is 0 Å². The number of hydrogen-bond donors (Lipinski definition) is 11. The third-order valence-electron chi connectivity index (χ3n) is 8.95. The third-order valence-corrected chi connectivity index (χ3v) is 8.95. The molecule has 0 radical (unpaired) electrons. The number of amides is 3. The Morgan fingerprint density at radius 1 is 0.880 bits per heavy atom. The Hall–Kier alpha value is -3.83. The number of hydrogen-bond acceptors (Lipinski definition) is 10. The second-order valence-electron chi connectivity index (χ2n) is 13.5. The van der Waals surface area contributed by atoms with Gasteiger partial charge in [0.05, 0.1) is 18.7 Å². The van der Waals surface area contributed by atoms with Crippen LogP contribution in [0, 0.1) is 0 Å². The summed E-state index contributed by atoms with van der Waals surface area (Å²) in [5, 5.41) is 35.8. The molecule has 50 heavy (non-hydrogen) atoms. The maximum atomic E-state index is 12.8. The zero-order chi connectivity index (χ0) is 36.3. The highest BCUT2D eigenvalue weighted by molar-refractivity contribution is 5.97. The topological polar surface area (TPSA) is 249 Å². The number of carboxylic acids is 1. The van der Waals surface area contributed by atoms with E-state index in [1.807, 2.05) is 0 Å². The Morgan fingerprint density at radius 3 is 2.32 bits per heavy atom. The van der Waals surface area contributed by atoms with Crippen molar-refractivity contribution < 1.29 is 24.3 Å². The van der Waals surface area contributed by atoms with E-state index in [4.69, 9.17) is 11.5 Å². The molecule has 0 aromatic heterocycles. The van der Waals surface area contributed by atoms with Gasteiger partial charge in [0.1, 0.15) is 0 Å². The smallest absolute Gasteiger partial charge is 0.305 e. The van der Waals surface area contributed by atoms with E-state index in [2.05, 4.69) is 61.4 Å². The fourth-order valence-corrected chi connectivity index (χ4v) is 6.30. The average Bonchev–Trinajstić information content (AvgIpc) is 3.07. The van der Waals surface area contributed by atoms with Crippen LogP contribution in [-0.4, -0.2) is 117 Å². The van der Waals surface area contributed by atoms with E-state index in [1.165, 1.54) is 31.4 Å². The van der Waals surface area contributed by atoms with Crippen molar-refractivity contribution in [1.29, 1.82) is 0 Å². The normalized spacial score (nSPS) is 24.2. The Bertz CT molecular complexity index is 1260. The molecule has 0 spiro atoms. The maximum absolute atomic E-state index is 12.8. The van der Waals surface area contributed by atoms with Gasteiger partial charge in [0, 0.05) is 87.5 Å². The van der Waals surface area contributed by atoms with Gasteiger partial charge in [0.25, 0.3) is 5.91 Å². The minimum absolute atomic E-state index is 0.160. The first-order valence-corrected chi connectivity index (χ1v) is 17.9. The maximum Gasteiger partial charge on any atom is 0.305 e. The fourth-order valence-electron chi connectivity index (χ4n) is 6.30. The van der Waals surface area contributed by atoms with E-state index < -0.39 is 36.8 Å². The van der Waals surface area contributed by atoms with Crippen molar-refractivity contribution in [2.75, 3.05) is 45.8 Å². The largest absolute Gasteiger partial charge is 0.481 e. The molecule has 1 saturated carbocycles. The van der Waals surface area contributed by atoms with Gasteiger partial charge in [-0.25, -0.2) is 4.99 Å². The van der Waals surface area contributed by atoms with Crippen LogP contribution in [0.1, 0.15) is 75.6 Å². The van der Waals surface area contributed by atoms with E-state index in [0.717, 1.165) is 52.0 Å². The molecular weight excluding hydrogens is 642 g/mol. The van der Waals surface area contributed by atoms with E-state index in [9.17, 15) is 24.3 Å². The third kappa shape index (κ3) is 16.3. The Balaban J connectivity index is 1.46. The summed E-state index contributed by atoms with van der Waals surface area (Å²) in [6, 6.07) is 7.01. The number of aliphatic carboxylic acids is 1. The zero-order valence-corrected chi connectivity index (χ0v) is 29.6. The zero-order valence-electron chi connectivity index (χ0n) is 29.6. The van der Waals surface area contributed by atoms with Crippen molar-refractivity contribution in [3.05, 3.63) is 29.8 Å². The van der Waals surface area contributed by atoms with Crippen LogP contribution in [0.3, 0.4) is 0 Å². The van der Waals surface area contributed by atoms with Crippen molar-refractivity contribution in [2.24, 2.45) is 16.5 Å². The summed E-state index contributed by atoms with van der Waals surface area (Å²) in [4.78, 5) is 53.3. The molecule has 0 bridgehead atoms. The molecule has 1 heterocycles. The van der Waals surface area contributed by atoms with Crippen LogP contribution < -0.4 is 54.0 Å². The number of fused-ring (bicyclic) bond motifs is 1. The minimum atomic E-state index is -1.16. The van der Waals surface area contributed by atoms with Crippen molar-refractivity contribution >= 4 is 35.3 Å². The predicted molar refractivity (Wildman–Crippen MR) is 194 cm³/mol. The van der Waals surface area contributed by atoms with E-state index in [1.54, 1.807) is 12.1 Å². The van der Waals surface area contributed by atoms with Crippen LogP contribution in [0.2, 0.25) is 0 Å². The first kappa shape index (κ1) is 40.6. The van der Waals surface area contributed by atoms with Crippen LogP contribution in [0.5, 0.6) is 0 Å². The Labute approximate surface area is 295 Å². The molecule has 1 unspecified atom stereocenters. The van der Waals surface area contributed by atoms with Crippen LogP contribution in [0.15, 0.2) is 29.3 Å². The van der Waals surface area contributed by atoms with Gasteiger partial charge in [0.15, 0.2) is 5.96 Å². The van der Waals surface area contributed by atoms with E-state index in [0.29, 0.717) is 36.4 Å². The summed E-state index contributed by atoms with van der Waals surface area (Å²) >= 11 is 0. The van der Waals surface area contributed by atoms with Gasteiger partial charge in [0.2, 0.25) is 11.8 Å². The predicted octanol–water partition coefficient (Wildman–Crippen LogP) is -1.01. The molecule has 1 aromatic carbocycles. The first-order valence-electron chi connectivity index (χ1n) is 17.9. The van der Waals surface area contributed by atoms with Crippen LogP contribution in [0.25, 0.3) is 0 Å². The van der Waals surface area contributed by atoms with Crippen molar-refractivity contribution in [3.63, 3.8) is 0 Å². The first-order chi connectivity index (χ1) is 24.0. The summed E-state index contributed by atoms with van der Waals surface area (Å²) in [7, 11) is 0. The number of carboxylic acid groups (broad SMARTS) is 1. The number of rotatable bonds is 13. The molecule has 1 aromatic rings. The van der Waals surface area contributed by atoms with Crippen LogP contribution in [-0.2, 0) is 14.4 Å². The fraction of sp³-hybridized carbons (Fsp3) is 0.676. The molecule has 13 N–H and O–H groups in total.